The van der Waals surface area contributed by atoms with E-state index in [1.54, 1.807) is 84.9 Å². The first-order valence-corrected chi connectivity index (χ1v) is 53.2. The normalized spacial score (nSPS) is 18.2. The molecule has 4 heterocycles. The maximum absolute atomic E-state index is 12.9. The lowest BCUT2D eigenvalue weighted by Gasteiger charge is -2.32. The smallest absolute Gasteiger partial charge is 0.444 e. The van der Waals surface area contributed by atoms with E-state index < -0.39 is 48.4 Å². The van der Waals surface area contributed by atoms with Crippen molar-refractivity contribution >= 4 is 173 Å². The van der Waals surface area contributed by atoms with Crippen LogP contribution in [0.4, 0.5) is 44.5 Å². The molecule has 9 aromatic carbocycles. The Hall–Kier alpha value is -10.5. The van der Waals surface area contributed by atoms with E-state index in [9.17, 15) is 34.8 Å². The number of rotatable bonds is 23. The fraction of sp³-hybridized carbons (Fsp3) is 0.398. The predicted octanol–water partition coefficient (Wildman–Crippen LogP) is 23.1. The Morgan fingerprint density at radius 3 is 1.07 bits per heavy atom. The van der Waals surface area contributed by atoms with Crippen LogP contribution in [0.3, 0.4) is 0 Å². The van der Waals surface area contributed by atoms with E-state index in [-0.39, 0.29) is 77.3 Å². The third-order valence-electron chi connectivity index (χ3n) is 25.0. The number of ether oxygens (including phenoxy) is 2. The molecule has 1 saturated heterocycles. The largest absolute Gasteiger partial charge is 0.494 e. The molecule has 12 aromatic rings. The molecular weight excluding hydrogens is 1930 g/mol. The number of fused-ring (bicyclic) bond motifs is 3. The number of aromatic nitrogens is 6. The van der Waals surface area contributed by atoms with Crippen LogP contribution in [0.25, 0.3) is 55.0 Å². The molecule has 3 saturated carbocycles. The number of halogens is 4. The number of nitrogens with zero attached hydrogens (tertiary/aromatic N) is 6. The van der Waals surface area contributed by atoms with Crippen LogP contribution in [-0.4, -0.2) is 133 Å². The molecule has 3 aliphatic carbocycles. The van der Waals surface area contributed by atoms with Gasteiger partial charge < -0.3 is 51.1 Å². The molecular formula is C103H124BBrCl3N15O12S3. The van der Waals surface area contributed by atoms with Gasteiger partial charge in [-0.2, -0.15) is 0 Å². The highest BCUT2D eigenvalue weighted by atomic mass is 79.9. The summed E-state index contributed by atoms with van der Waals surface area (Å²) in [6.07, 6.45) is 18.6. The van der Waals surface area contributed by atoms with Gasteiger partial charge >= 0.3 is 19.3 Å². The minimum Gasteiger partial charge on any atom is -0.444 e. The molecule has 3 aromatic heterocycles. The predicted molar refractivity (Wildman–Crippen MR) is 560 cm³/mol. The Kier molecular flexibility index (Phi) is 33.8. The van der Waals surface area contributed by atoms with E-state index >= 15 is 0 Å². The van der Waals surface area contributed by atoms with Crippen LogP contribution in [-0.2, 0) is 68.1 Å². The van der Waals surface area contributed by atoms with Crippen molar-refractivity contribution in [1.82, 2.24) is 40.5 Å². The monoisotopic (exact) mass is 2050 g/mol. The molecule has 138 heavy (non-hydrogen) atoms. The highest BCUT2D eigenvalue weighted by molar-refractivity contribution is 9.10. The van der Waals surface area contributed by atoms with Gasteiger partial charge in [0, 0.05) is 92.5 Å². The Bertz CT molecular complexity index is 6780. The van der Waals surface area contributed by atoms with Gasteiger partial charge in [-0.1, -0.05) is 132 Å². The molecule has 10 N–H and O–H groups in total. The van der Waals surface area contributed by atoms with Crippen LogP contribution in [0.5, 0.6) is 0 Å². The van der Waals surface area contributed by atoms with E-state index in [1.165, 1.54) is 18.2 Å². The van der Waals surface area contributed by atoms with Crippen molar-refractivity contribution in [2.75, 3.05) is 30.1 Å². The summed E-state index contributed by atoms with van der Waals surface area (Å²) in [7, 11) is -11.7. The lowest BCUT2D eigenvalue weighted by Crippen LogP contribution is -2.42. The number of amides is 2. The number of benzene rings is 9. The van der Waals surface area contributed by atoms with Gasteiger partial charge in [-0.25, -0.2) is 64.7 Å². The van der Waals surface area contributed by atoms with Crippen molar-refractivity contribution in [2.24, 2.45) is 5.73 Å². The topological polar surface area (TPSA) is 373 Å². The van der Waals surface area contributed by atoms with Crippen LogP contribution in [0.1, 0.15) is 200 Å². The number of hydrogen-bond acceptors (Lipinski definition) is 22. The number of hydrogen-bond donors (Lipinski definition) is 9. The number of nitrogens with two attached hydrogens (primary N) is 1. The summed E-state index contributed by atoms with van der Waals surface area (Å²) in [5, 5.41) is 19.9. The van der Waals surface area contributed by atoms with E-state index in [1.807, 2.05) is 105 Å². The Balaban J connectivity index is 0.000000160. The van der Waals surface area contributed by atoms with E-state index in [4.69, 9.17) is 74.3 Å². The number of anilines is 6. The molecule has 0 radical (unpaired) electrons. The average Bonchev–Trinajstić information content (AvgIpc) is 1.62. The molecule has 4 fully saturated rings. The number of carbonyl (C=O) groups excluding carboxylic acids is 2. The van der Waals surface area contributed by atoms with Gasteiger partial charge in [0.15, 0.2) is 0 Å². The molecule has 2 amide bonds. The fourth-order valence-electron chi connectivity index (χ4n) is 17.1. The lowest BCUT2D eigenvalue weighted by atomic mass is 9.77. The maximum atomic E-state index is 12.9. The molecule has 732 valence electrons. The number of alkyl carbamates (subject to hydrolysis) is 2. The van der Waals surface area contributed by atoms with Crippen LogP contribution in [0.2, 0.25) is 15.1 Å². The number of nitrogens with one attached hydrogen (secondary N) is 8. The third kappa shape index (κ3) is 27.4. The average molecular weight is 2060 g/mol. The standard InChI is InChI=1S/C34H40ClN5O4S.C29H32ClN5O2S.C27H41BN4O4.C13H11BrClNO2S/c1-6-22-18-23(28-16-15-27(17-21(28)2)40-45(42,43)30-10-8-7-9-29(30)35)19-24-20-36-32(39-31(22)24)37-25-11-13-26(14-12-25)38-33(41)44-34(3,4)5;1-3-19-15-20(16-21-17-32-29(34-28(19)21)33-23-10-8-22(31)9-11-23)25-13-12-24(14-18(25)2)35-38(36,37)27-7-5-4-6-26(27)30;1-9-17-14-19(28-35-26(5,6)27(7,8)36-28)15-18-16-29-23(32-22(17)18)30-20-10-12-21(13-11-20)31-24(33)34-25(2,3)4;1-9-8-10(6-7-11(9)14)16-19(17,18)13-5-3-2-4-12(13)15/h7-10,15-20,25-26,40H,6,11-14H2,1-5H3,(H,38,41)(H,36,37,39);4-7,12-17,22-23,35H,3,8-11,31H2,1-2H3,(H,32,33,34);14-16,20-21H,9-13H2,1-8H3,(H,31,33)(H,29,30,32);2-8,16H,1H3. The molecule has 0 atom stereocenters. The minimum absolute atomic E-state index is 0.0345. The Morgan fingerprint density at radius 1 is 0.435 bits per heavy atom. The number of carbonyl (C=O) groups is 2. The summed E-state index contributed by atoms with van der Waals surface area (Å²) in [6.45, 7) is 31.6. The molecule has 4 aliphatic rings. The van der Waals surface area contributed by atoms with Gasteiger partial charge in [0.25, 0.3) is 30.1 Å². The SMILES string of the molecule is CCc1cc(-c2ccc(NS(=O)(=O)c3ccccc3Cl)cc2C)cc2cnc(NC3CCC(N)CC3)nc12.CCc1cc(-c2ccc(NS(=O)(=O)c3ccccc3Cl)cc2C)cc2cnc(NC3CCC(NC(=O)OC(C)(C)C)CC3)nc12.CCc1cc(B2OC(C)(C)C(C)(C)O2)cc2cnc(NC3CCC(NC(=O)OC(C)(C)C)CC3)nc12.Cc1cc(NS(=O)(=O)c2ccccc2Cl)ccc1Br. The molecule has 0 bridgehead atoms. The molecule has 0 unspecified atom stereocenters. The van der Waals surface area contributed by atoms with Crippen LogP contribution < -0.4 is 51.9 Å². The zero-order valence-corrected chi connectivity index (χ0v) is 87.2. The number of sulfonamides is 3. The van der Waals surface area contributed by atoms with Crippen molar-refractivity contribution in [1.29, 1.82) is 0 Å². The lowest BCUT2D eigenvalue weighted by molar-refractivity contribution is 0.00578. The summed E-state index contributed by atoms with van der Waals surface area (Å²) in [5.41, 5.74) is 19.8. The van der Waals surface area contributed by atoms with Gasteiger partial charge in [-0.3, -0.25) is 14.2 Å². The van der Waals surface area contributed by atoms with Crippen LogP contribution in [0.15, 0.2) is 202 Å². The first-order valence-electron chi connectivity index (χ1n) is 46.8. The van der Waals surface area contributed by atoms with Gasteiger partial charge in [0.05, 0.1) is 42.8 Å². The van der Waals surface area contributed by atoms with Gasteiger partial charge in [-0.05, 0) is 351 Å². The minimum atomic E-state index is -3.83. The van der Waals surface area contributed by atoms with E-state index in [0.29, 0.717) is 47.0 Å². The highest BCUT2D eigenvalue weighted by Gasteiger charge is 2.52. The second-order valence-corrected chi connectivity index (χ2v) is 45.6. The first kappa shape index (κ1) is 105. The summed E-state index contributed by atoms with van der Waals surface area (Å²) in [5.74, 6) is 1.90. The second kappa shape index (κ2) is 44.5. The fourth-order valence-corrected chi connectivity index (χ4v) is 22.0. The van der Waals surface area contributed by atoms with Gasteiger partial charge in [-0.15, -0.1) is 0 Å². The van der Waals surface area contributed by atoms with Crippen LogP contribution >= 0.6 is 50.7 Å². The second-order valence-electron chi connectivity index (χ2n) is 38.6. The molecule has 16 rings (SSSR count). The first-order chi connectivity index (χ1) is 65.2. The molecule has 0 spiro atoms. The van der Waals surface area contributed by atoms with Gasteiger partial charge in [0.1, 0.15) is 25.9 Å². The van der Waals surface area contributed by atoms with Crippen molar-refractivity contribution < 1.29 is 53.6 Å². The molecule has 35 heteroatoms. The van der Waals surface area contributed by atoms with Gasteiger partial charge in [0.2, 0.25) is 17.8 Å². The van der Waals surface area contributed by atoms with E-state index in [0.717, 1.165) is 195 Å². The third-order valence-corrected chi connectivity index (χ3v) is 31.5. The summed E-state index contributed by atoms with van der Waals surface area (Å²) < 4.78 is 108. The zero-order valence-electron chi connectivity index (χ0n) is 80.9. The van der Waals surface area contributed by atoms with Crippen molar-refractivity contribution in [3.8, 4) is 22.3 Å². The Morgan fingerprint density at radius 2 is 0.746 bits per heavy atom. The van der Waals surface area contributed by atoms with E-state index in [2.05, 4.69) is 156 Å². The highest BCUT2D eigenvalue weighted by Crippen LogP contribution is 2.40. The Labute approximate surface area is 834 Å². The summed E-state index contributed by atoms with van der Waals surface area (Å²) in [6, 6.07) is 49.4. The summed E-state index contributed by atoms with van der Waals surface area (Å²) in [4.78, 5) is 52.9. The molecule has 1 aliphatic heterocycles. The van der Waals surface area contributed by atoms with Crippen molar-refractivity contribution in [3.05, 3.63) is 235 Å². The maximum Gasteiger partial charge on any atom is 0.494 e. The van der Waals surface area contributed by atoms with Crippen LogP contribution in [0, 0.1) is 20.8 Å². The quantitative estimate of drug-likeness (QED) is 0.0269. The molecule has 27 nitrogen and oxygen atoms in total. The summed E-state index contributed by atoms with van der Waals surface area (Å²) >= 11 is 21.5. The number of aryl methyl sites for hydroxylation is 6. The van der Waals surface area contributed by atoms with Crippen molar-refractivity contribution in [2.45, 2.75) is 280 Å². The zero-order chi connectivity index (χ0) is 99.6. The van der Waals surface area contributed by atoms with Crippen molar-refractivity contribution in [3.63, 3.8) is 0 Å².